The second-order valence-electron chi connectivity index (χ2n) is 4.90. The summed E-state index contributed by atoms with van der Waals surface area (Å²) in [6.07, 6.45) is 0.996. The molecule has 0 spiro atoms. The average Bonchev–Trinajstić information content (AvgIpc) is 2.48. The van der Waals surface area contributed by atoms with Crippen LogP contribution in [0.2, 0.25) is 0 Å². The molecule has 0 aliphatic heterocycles. The number of hydrogen-bond donors (Lipinski definition) is 1. The third-order valence-electron chi connectivity index (χ3n) is 3.35. The Bertz CT molecular complexity index is 573. The molecule has 2 rings (SSSR count). The maximum Gasteiger partial charge on any atom is 0.307 e. The van der Waals surface area contributed by atoms with Crippen LogP contribution in [0.15, 0.2) is 67.2 Å². The molecule has 0 heterocycles. The number of carbonyl (C=O) groups is 1. The van der Waals surface area contributed by atoms with Gasteiger partial charge in [0.1, 0.15) is 0 Å². The summed E-state index contributed by atoms with van der Waals surface area (Å²) in [5.74, 6) is -1.21. The number of hydrogen-bond acceptors (Lipinski definition) is 1. The molecular formula is C18H18O2. The van der Waals surface area contributed by atoms with E-state index in [1.54, 1.807) is 0 Å². The van der Waals surface area contributed by atoms with Gasteiger partial charge in [-0.05, 0) is 29.5 Å². The molecular weight excluding hydrogens is 248 g/mol. The summed E-state index contributed by atoms with van der Waals surface area (Å²) >= 11 is 0. The fraction of sp³-hybridized carbons (Fsp3) is 0.167. The van der Waals surface area contributed by atoms with Crippen molar-refractivity contribution in [3.63, 3.8) is 0 Å². The van der Waals surface area contributed by atoms with Crippen LogP contribution in [0.1, 0.15) is 17.5 Å². The Kier molecular flexibility index (Phi) is 4.72. The molecule has 0 unspecified atom stereocenters. The smallest absolute Gasteiger partial charge is 0.307 e. The van der Waals surface area contributed by atoms with Crippen molar-refractivity contribution in [3.8, 4) is 0 Å². The van der Waals surface area contributed by atoms with Gasteiger partial charge in [0.15, 0.2) is 0 Å². The van der Waals surface area contributed by atoms with Gasteiger partial charge in [0.05, 0.1) is 5.92 Å². The average molecular weight is 266 g/mol. The van der Waals surface area contributed by atoms with Crippen molar-refractivity contribution in [1.29, 1.82) is 0 Å². The van der Waals surface area contributed by atoms with E-state index in [4.69, 9.17) is 0 Å². The molecule has 2 heteroatoms. The molecule has 1 atom stereocenters. The standard InChI is InChI=1S/C18H18O2/c1-14(16-10-6-3-7-11-16)12-17(18(19)20)13-15-8-4-2-5-9-15/h2-11,17H,1,12-13H2,(H,19,20)/t17-/m0/s1. The van der Waals surface area contributed by atoms with Gasteiger partial charge in [0.25, 0.3) is 0 Å². The molecule has 0 saturated heterocycles. The number of carboxylic acids is 1. The van der Waals surface area contributed by atoms with Crippen LogP contribution < -0.4 is 0 Å². The third kappa shape index (κ3) is 3.82. The van der Waals surface area contributed by atoms with Crippen molar-refractivity contribution in [2.75, 3.05) is 0 Å². The molecule has 0 bridgehead atoms. The van der Waals surface area contributed by atoms with E-state index in [-0.39, 0.29) is 0 Å². The fourth-order valence-corrected chi connectivity index (χ4v) is 2.23. The molecule has 0 fully saturated rings. The molecule has 0 aliphatic carbocycles. The molecule has 20 heavy (non-hydrogen) atoms. The van der Waals surface area contributed by atoms with E-state index in [2.05, 4.69) is 6.58 Å². The van der Waals surface area contributed by atoms with Crippen molar-refractivity contribution in [3.05, 3.63) is 78.4 Å². The first kappa shape index (κ1) is 14.1. The maximum atomic E-state index is 11.4. The van der Waals surface area contributed by atoms with E-state index >= 15 is 0 Å². The van der Waals surface area contributed by atoms with E-state index in [1.165, 1.54) is 0 Å². The number of benzene rings is 2. The van der Waals surface area contributed by atoms with E-state index in [9.17, 15) is 9.90 Å². The molecule has 2 nitrogen and oxygen atoms in total. The highest BCUT2D eigenvalue weighted by Gasteiger charge is 2.19. The van der Waals surface area contributed by atoms with Crippen molar-refractivity contribution < 1.29 is 9.90 Å². The second kappa shape index (κ2) is 6.71. The molecule has 0 radical (unpaired) electrons. The van der Waals surface area contributed by atoms with Gasteiger partial charge < -0.3 is 5.11 Å². The number of carboxylic acid groups (broad SMARTS) is 1. The predicted octanol–water partition coefficient (Wildman–Crippen LogP) is 4.03. The predicted molar refractivity (Wildman–Crippen MR) is 81.4 cm³/mol. The van der Waals surface area contributed by atoms with Crippen molar-refractivity contribution in [1.82, 2.24) is 0 Å². The van der Waals surface area contributed by atoms with Crippen molar-refractivity contribution >= 4 is 11.5 Å². The lowest BCUT2D eigenvalue weighted by molar-refractivity contribution is -0.141. The van der Waals surface area contributed by atoms with Crippen LogP contribution in [0.5, 0.6) is 0 Å². The summed E-state index contributed by atoms with van der Waals surface area (Å²) in [4.78, 5) is 11.4. The lowest BCUT2D eigenvalue weighted by Crippen LogP contribution is -2.16. The monoisotopic (exact) mass is 266 g/mol. The quantitative estimate of drug-likeness (QED) is 0.857. The Balaban J connectivity index is 2.07. The molecule has 0 amide bonds. The molecule has 0 saturated carbocycles. The normalized spacial score (nSPS) is 11.8. The van der Waals surface area contributed by atoms with Gasteiger partial charge in [-0.15, -0.1) is 0 Å². The lowest BCUT2D eigenvalue weighted by Gasteiger charge is -2.14. The van der Waals surface area contributed by atoms with Gasteiger partial charge in [0, 0.05) is 0 Å². The molecule has 1 N–H and O–H groups in total. The van der Waals surface area contributed by atoms with Crippen molar-refractivity contribution in [2.24, 2.45) is 5.92 Å². The first-order chi connectivity index (χ1) is 9.66. The van der Waals surface area contributed by atoms with Crippen LogP contribution in [0.25, 0.3) is 5.57 Å². The van der Waals surface area contributed by atoms with Gasteiger partial charge in [-0.25, -0.2) is 0 Å². The summed E-state index contributed by atoms with van der Waals surface area (Å²) < 4.78 is 0. The zero-order valence-corrected chi connectivity index (χ0v) is 11.3. The Hall–Kier alpha value is -2.35. The van der Waals surface area contributed by atoms with E-state index < -0.39 is 11.9 Å². The molecule has 102 valence electrons. The first-order valence-electron chi connectivity index (χ1n) is 6.66. The van der Waals surface area contributed by atoms with Crippen LogP contribution >= 0.6 is 0 Å². The second-order valence-corrected chi connectivity index (χ2v) is 4.90. The summed E-state index contributed by atoms with van der Waals surface area (Å²) in [6.45, 7) is 4.03. The van der Waals surface area contributed by atoms with Crippen LogP contribution in [0.4, 0.5) is 0 Å². The highest BCUT2D eigenvalue weighted by molar-refractivity contribution is 5.75. The Morgan fingerprint density at radius 2 is 1.55 bits per heavy atom. The summed E-state index contributed by atoms with van der Waals surface area (Å²) in [5, 5.41) is 9.39. The first-order valence-corrected chi connectivity index (χ1v) is 6.66. The SMILES string of the molecule is C=C(C[C@@H](Cc1ccccc1)C(=O)O)c1ccccc1. The zero-order valence-electron chi connectivity index (χ0n) is 11.3. The van der Waals surface area contributed by atoms with Gasteiger partial charge in [-0.1, -0.05) is 67.2 Å². The molecule has 0 aromatic heterocycles. The van der Waals surface area contributed by atoms with Gasteiger partial charge >= 0.3 is 5.97 Å². The number of aliphatic carboxylic acids is 1. The minimum Gasteiger partial charge on any atom is -0.481 e. The minimum atomic E-state index is -0.772. The topological polar surface area (TPSA) is 37.3 Å². The van der Waals surface area contributed by atoms with Gasteiger partial charge in [-0.3, -0.25) is 4.79 Å². The van der Waals surface area contributed by atoms with E-state index in [0.717, 1.165) is 16.7 Å². The lowest BCUT2D eigenvalue weighted by atomic mass is 9.90. The largest absolute Gasteiger partial charge is 0.481 e. The highest BCUT2D eigenvalue weighted by atomic mass is 16.4. The van der Waals surface area contributed by atoms with Crippen LogP contribution in [-0.4, -0.2) is 11.1 Å². The maximum absolute atomic E-state index is 11.4. The highest BCUT2D eigenvalue weighted by Crippen LogP contribution is 2.23. The van der Waals surface area contributed by atoms with E-state index in [1.807, 2.05) is 60.7 Å². The van der Waals surface area contributed by atoms with Crippen LogP contribution in [0.3, 0.4) is 0 Å². The molecule has 2 aromatic rings. The number of allylic oxidation sites excluding steroid dienone is 1. The summed E-state index contributed by atoms with van der Waals surface area (Å²) in [5.41, 5.74) is 2.92. The van der Waals surface area contributed by atoms with Crippen molar-refractivity contribution in [2.45, 2.75) is 12.8 Å². The van der Waals surface area contributed by atoms with Gasteiger partial charge in [0.2, 0.25) is 0 Å². The molecule has 0 aliphatic rings. The van der Waals surface area contributed by atoms with Crippen LogP contribution in [-0.2, 0) is 11.2 Å². The Morgan fingerprint density at radius 1 is 1.00 bits per heavy atom. The minimum absolute atomic E-state index is 0.440. The summed E-state index contributed by atoms with van der Waals surface area (Å²) in [6, 6.07) is 19.5. The Labute approximate surface area is 119 Å². The Morgan fingerprint density at radius 3 is 2.10 bits per heavy atom. The van der Waals surface area contributed by atoms with Gasteiger partial charge in [-0.2, -0.15) is 0 Å². The van der Waals surface area contributed by atoms with E-state index in [0.29, 0.717) is 12.8 Å². The van der Waals surface area contributed by atoms with Crippen LogP contribution in [0, 0.1) is 5.92 Å². The third-order valence-corrected chi connectivity index (χ3v) is 3.35. The fourth-order valence-electron chi connectivity index (χ4n) is 2.23. The zero-order chi connectivity index (χ0) is 14.4. The number of rotatable bonds is 6. The summed E-state index contributed by atoms with van der Waals surface area (Å²) in [7, 11) is 0. The molecule has 2 aromatic carbocycles.